The molecule has 0 N–H and O–H groups in total. The third-order valence-electron chi connectivity index (χ3n) is 14.0. The van der Waals surface area contributed by atoms with Gasteiger partial charge >= 0.3 is 31.5 Å². The number of hydrogen-bond acceptors (Lipinski definition) is 22. The third-order valence-corrected chi connectivity index (χ3v) is 17.5. The van der Waals surface area contributed by atoms with Crippen LogP contribution in [0.4, 0.5) is 38.4 Å². The Morgan fingerprint density at radius 1 is 0.625 bits per heavy atom. The second-order valence-electron chi connectivity index (χ2n) is 19.8. The molecule has 426 valence electrons. The van der Waals surface area contributed by atoms with Gasteiger partial charge in [0.15, 0.2) is 0 Å². The van der Waals surface area contributed by atoms with Gasteiger partial charge in [0.1, 0.15) is 37.5 Å². The molecule has 3 saturated heterocycles. The van der Waals surface area contributed by atoms with Gasteiger partial charge in [-0.2, -0.15) is 36.3 Å². The van der Waals surface area contributed by atoms with Crippen molar-refractivity contribution in [2.75, 3.05) is 48.5 Å². The Morgan fingerprint density at radius 2 is 1.09 bits per heavy atom. The van der Waals surface area contributed by atoms with Gasteiger partial charge < -0.3 is 37.6 Å². The standard InChI is InChI=1S/C22H21F3N6O2S2.C16H15BrF3N5O2S.C12H18BNO2S/c1-12(13-7-9-31(10-8-13)20-29-19(30-33-20)22(23,24)25)32-21-28-16-5-4-15(27-18(16)35-21)14-3-6-17(34-2)26-11-14;1-8(26-15-21-10-2-3-11(17)22-12(10)28-15)9-4-6-25(7-5-9)14-23-13(24-27-14)16(18,19)20;1-11(2)12(3,4)16-13(15-11)9-6-7-10(17-5)14-8-9/h3-6,11-13H,7-10H2,1-2H3;2-3,8-9H,4-7H2,1H3;6-8H,1-5H3. The highest BCUT2D eigenvalue weighted by Crippen LogP contribution is 2.38. The molecule has 2 unspecified atom stereocenters. The zero-order valence-electron chi connectivity index (χ0n) is 44.4. The van der Waals surface area contributed by atoms with Gasteiger partial charge in [0, 0.05) is 49.6 Å². The van der Waals surface area contributed by atoms with E-state index in [1.807, 2.05) is 87.3 Å². The Labute approximate surface area is 481 Å². The first kappa shape index (κ1) is 59.2. The molecule has 18 nitrogen and oxygen atoms in total. The number of hydrogen-bond donors (Lipinski definition) is 0. The summed E-state index contributed by atoms with van der Waals surface area (Å²) in [4.78, 5) is 38.7. The number of thioether (sulfide) groups is 2. The molecule has 11 heterocycles. The minimum atomic E-state index is -4.62. The Kier molecular flexibility index (Phi) is 18.2. The summed E-state index contributed by atoms with van der Waals surface area (Å²) >= 11 is 9.32. The van der Waals surface area contributed by atoms with E-state index in [0.29, 0.717) is 36.6 Å². The molecule has 2 atom stereocenters. The van der Waals surface area contributed by atoms with Crippen molar-refractivity contribution < 1.29 is 54.2 Å². The van der Waals surface area contributed by atoms with Crippen molar-refractivity contribution in [1.29, 1.82) is 0 Å². The maximum absolute atomic E-state index is 12.7. The minimum Gasteiger partial charge on any atom is -0.467 e. The fraction of sp³-hybridized carbons (Fsp3) is 0.480. The average molecular weight is 1250 g/mol. The maximum Gasteiger partial charge on any atom is 0.496 e. The van der Waals surface area contributed by atoms with Crippen LogP contribution in [0, 0.1) is 11.8 Å². The van der Waals surface area contributed by atoms with E-state index >= 15 is 0 Å². The SMILES string of the molecule is CC(Oc1nc2ccc(Br)nc2s1)C1CCN(c2nc(C(F)(F)F)no2)CC1.CSc1ccc(-c2ccc3nc(OC(C)C4CCN(c5nc(C(F)(F)F)no5)CC4)sc3n2)cn1.CSc1ccc(B2OC(C)(C)C(C)(C)O2)cn1. The first-order chi connectivity index (χ1) is 37.9. The first-order valence-electron chi connectivity index (χ1n) is 25.2. The van der Waals surface area contributed by atoms with E-state index in [4.69, 9.17) is 32.8 Å². The summed E-state index contributed by atoms with van der Waals surface area (Å²) in [5.74, 6) is -2.05. The van der Waals surface area contributed by atoms with Crippen LogP contribution in [-0.4, -0.2) is 119 Å². The normalized spacial score (nSPS) is 17.7. The number of nitrogens with zero attached hydrogens (tertiary/aromatic N) is 12. The van der Waals surface area contributed by atoms with Gasteiger partial charge in [0.05, 0.1) is 26.9 Å². The average Bonchev–Trinajstić information content (AvgIpc) is 4.33. The molecule has 3 fully saturated rings. The second-order valence-corrected chi connectivity index (χ2v) is 24.2. The highest BCUT2D eigenvalue weighted by Gasteiger charge is 2.52. The molecular weight excluding hydrogens is 1200 g/mol. The topological polar surface area (TPSA) is 199 Å². The lowest BCUT2D eigenvalue weighted by Crippen LogP contribution is -2.41. The van der Waals surface area contributed by atoms with Gasteiger partial charge in [-0.1, -0.05) is 28.7 Å². The summed E-state index contributed by atoms with van der Waals surface area (Å²) in [6.07, 6.45) is 1.11. The van der Waals surface area contributed by atoms with Crippen LogP contribution in [0.2, 0.25) is 0 Å². The van der Waals surface area contributed by atoms with E-state index in [2.05, 4.69) is 88.8 Å². The predicted octanol–water partition coefficient (Wildman–Crippen LogP) is 12.2. The van der Waals surface area contributed by atoms with E-state index in [9.17, 15) is 26.3 Å². The molecule has 0 amide bonds. The van der Waals surface area contributed by atoms with Crippen LogP contribution in [0.3, 0.4) is 0 Å². The molecule has 30 heteroatoms. The molecule has 0 aliphatic carbocycles. The summed E-state index contributed by atoms with van der Waals surface area (Å²) in [6, 6.07) is 15.3. The predicted molar refractivity (Wildman–Crippen MR) is 298 cm³/mol. The molecule has 3 aliphatic heterocycles. The fourth-order valence-corrected chi connectivity index (χ4v) is 11.6. The number of thiazole rings is 2. The largest absolute Gasteiger partial charge is 0.496 e. The highest BCUT2D eigenvalue weighted by atomic mass is 79.9. The quantitative estimate of drug-likeness (QED) is 0.0484. The molecule has 11 rings (SSSR count). The number of piperidine rings is 2. The van der Waals surface area contributed by atoms with Crippen molar-refractivity contribution in [1.82, 2.24) is 50.2 Å². The van der Waals surface area contributed by atoms with Crippen LogP contribution < -0.4 is 24.7 Å². The van der Waals surface area contributed by atoms with Crippen LogP contribution in [0.25, 0.3) is 32.0 Å². The first-order valence-corrected chi connectivity index (χ1v) is 30.0. The summed E-state index contributed by atoms with van der Waals surface area (Å²) < 4.78 is 110. The Hall–Kier alpha value is -5.40. The lowest BCUT2D eigenvalue weighted by Gasteiger charge is -2.33. The Bertz CT molecular complexity index is 3320. The minimum absolute atomic E-state index is 0.0837. The second kappa shape index (κ2) is 24.6. The third kappa shape index (κ3) is 14.3. The molecular formula is C50H54BBrF6N12O6S4. The number of pyridine rings is 4. The number of fused-ring (bicyclic) bond motifs is 2. The van der Waals surface area contributed by atoms with Crippen molar-refractivity contribution in [3.8, 4) is 21.6 Å². The van der Waals surface area contributed by atoms with Crippen LogP contribution in [0.1, 0.15) is 78.9 Å². The molecule has 0 radical (unpaired) electrons. The number of anilines is 2. The Morgan fingerprint density at radius 3 is 1.51 bits per heavy atom. The van der Waals surface area contributed by atoms with Gasteiger partial charge in [0.25, 0.3) is 22.0 Å². The molecule has 3 aliphatic rings. The number of alkyl halides is 6. The molecule has 80 heavy (non-hydrogen) atoms. The van der Waals surface area contributed by atoms with Crippen molar-refractivity contribution >= 4 is 107 Å². The zero-order chi connectivity index (χ0) is 57.1. The number of halogens is 7. The van der Waals surface area contributed by atoms with E-state index in [1.165, 1.54) is 22.7 Å². The monoisotopic (exact) mass is 1250 g/mol. The van der Waals surface area contributed by atoms with Crippen LogP contribution in [0.5, 0.6) is 10.4 Å². The summed E-state index contributed by atoms with van der Waals surface area (Å²) in [6.45, 7) is 14.2. The van der Waals surface area contributed by atoms with Crippen molar-refractivity contribution in [3.63, 3.8) is 0 Å². The molecule has 0 aromatic carbocycles. The summed E-state index contributed by atoms with van der Waals surface area (Å²) in [7, 11) is -0.316. The Balaban J connectivity index is 0.000000154. The number of ether oxygens (including phenoxy) is 2. The summed E-state index contributed by atoms with van der Waals surface area (Å²) in [5.41, 5.74) is 3.68. The maximum atomic E-state index is 12.7. The fourth-order valence-electron chi connectivity index (χ4n) is 8.67. The number of aromatic nitrogens is 10. The lowest BCUT2D eigenvalue weighted by molar-refractivity contribution is -0.146. The van der Waals surface area contributed by atoms with E-state index in [1.54, 1.807) is 33.3 Å². The lowest BCUT2D eigenvalue weighted by atomic mass is 9.80. The van der Waals surface area contributed by atoms with Gasteiger partial charge in [-0.3, -0.25) is 4.98 Å². The summed E-state index contributed by atoms with van der Waals surface area (Å²) in [5, 5.41) is 9.09. The van der Waals surface area contributed by atoms with Crippen molar-refractivity contribution in [2.24, 2.45) is 11.8 Å². The number of rotatable bonds is 12. The van der Waals surface area contributed by atoms with E-state index < -0.39 is 24.0 Å². The molecule has 0 spiro atoms. The van der Waals surface area contributed by atoms with Gasteiger partial charge in [-0.15, -0.1) is 23.5 Å². The molecule has 8 aromatic heterocycles. The van der Waals surface area contributed by atoms with E-state index in [-0.39, 0.29) is 54.4 Å². The van der Waals surface area contributed by atoms with Crippen LogP contribution in [0.15, 0.2) is 84.6 Å². The van der Waals surface area contributed by atoms with Crippen molar-refractivity contribution in [2.45, 2.75) is 113 Å². The highest BCUT2D eigenvalue weighted by molar-refractivity contribution is 9.10. The molecule has 8 aromatic rings. The molecule has 0 bridgehead atoms. The molecule has 0 saturated carbocycles. The van der Waals surface area contributed by atoms with Crippen molar-refractivity contribution in [3.05, 3.63) is 77.2 Å². The van der Waals surface area contributed by atoms with Gasteiger partial charge in [-0.05, 0) is 160 Å². The zero-order valence-corrected chi connectivity index (χ0v) is 49.3. The van der Waals surface area contributed by atoms with Crippen LogP contribution in [-0.2, 0) is 21.7 Å². The van der Waals surface area contributed by atoms with E-state index in [0.717, 1.165) is 77.8 Å². The van der Waals surface area contributed by atoms with Gasteiger partial charge in [-0.25, -0.2) is 24.9 Å². The van der Waals surface area contributed by atoms with Gasteiger partial charge in [0.2, 0.25) is 0 Å². The van der Waals surface area contributed by atoms with Crippen LogP contribution >= 0.6 is 62.1 Å². The smallest absolute Gasteiger partial charge is 0.467 e.